The lowest BCUT2D eigenvalue weighted by Crippen LogP contribution is -3.08. The zero-order valence-corrected chi connectivity index (χ0v) is 15.5. The molecule has 0 amide bonds. The maximum atomic E-state index is 5.43. The maximum Gasteiger partial charge on any atom is 0.171 e. The lowest BCUT2D eigenvalue weighted by atomic mass is 10.1. The Balaban J connectivity index is 1.56. The summed E-state index contributed by atoms with van der Waals surface area (Å²) in [6.07, 6.45) is 2.70. The van der Waals surface area contributed by atoms with E-state index >= 15 is 0 Å². The molecule has 2 aromatic carbocycles. The fourth-order valence-electron chi connectivity index (χ4n) is 3.28. The molecule has 2 aromatic rings. The zero-order valence-electron chi connectivity index (χ0n) is 14.7. The first kappa shape index (κ1) is 17.7. The van der Waals surface area contributed by atoms with Gasteiger partial charge in [0.25, 0.3) is 0 Å². The number of nitrogens with one attached hydrogen (secondary N) is 3. The topological polar surface area (TPSA) is 37.7 Å². The summed E-state index contributed by atoms with van der Waals surface area (Å²) in [6.45, 7) is 4.42. The number of ether oxygens (including phenoxy) is 1. The molecule has 3 N–H and O–H groups in total. The molecule has 132 valence electrons. The van der Waals surface area contributed by atoms with Crippen molar-refractivity contribution < 1.29 is 9.64 Å². The SMILES string of the molecule is COc1cccc(NC(=S)NCc2ccccc2C[NH+]2CCCC2)c1. The van der Waals surface area contributed by atoms with E-state index < -0.39 is 0 Å². The summed E-state index contributed by atoms with van der Waals surface area (Å²) in [6, 6.07) is 16.4. The Morgan fingerprint density at radius 1 is 1.08 bits per heavy atom. The van der Waals surface area contributed by atoms with Crippen LogP contribution in [0.4, 0.5) is 5.69 Å². The van der Waals surface area contributed by atoms with E-state index in [4.69, 9.17) is 17.0 Å². The molecule has 0 aliphatic carbocycles. The molecular weight excluding hydrogens is 330 g/mol. The third-order valence-electron chi connectivity index (χ3n) is 4.64. The van der Waals surface area contributed by atoms with E-state index in [0.29, 0.717) is 5.11 Å². The number of methoxy groups -OCH3 is 1. The van der Waals surface area contributed by atoms with Crippen LogP contribution in [0.25, 0.3) is 0 Å². The minimum absolute atomic E-state index is 0.622. The molecule has 0 unspecified atom stereocenters. The van der Waals surface area contributed by atoms with Gasteiger partial charge in [-0.15, -0.1) is 0 Å². The predicted octanol–water partition coefficient (Wildman–Crippen LogP) is 2.36. The van der Waals surface area contributed by atoms with Gasteiger partial charge in [0.05, 0.1) is 20.2 Å². The van der Waals surface area contributed by atoms with E-state index in [9.17, 15) is 0 Å². The van der Waals surface area contributed by atoms with Crippen molar-refractivity contribution in [2.75, 3.05) is 25.5 Å². The van der Waals surface area contributed by atoms with Gasteiger partial charge in [0.15, 0.2) is 5.11 Å². The van der Waals surface area contributed by atoms with Crippen molar-refractivity contribution in [3.63, 3.8) is 0 Å². The van der Waals surface area contributed by atoms with Crippen LogP contribution >= 0.6 is 12.2 Å². The largest absolute Gasteiger partial charge is 0.497 e. The fourth-order valence-corrected chi connectivity index (χ4v) is 3.47. The average Bonchev–Trinajstić information content (AvgIpc) is 3.14. The van der Waals surface area contributed by atoms with Gasteiger partial charge in [0.2, 0.25) is 0 Å². The summed E-state index contributed by atoms with van der Waals surface area (Å²) in [7, 11) is 1.66. The van der Waals surface area contributed by atoms with Gasteiger partial charge >= 0.3 is 0 Å². The fraction of sp³-hybridized carbons (Fsp3) is 0.350. The number of hydrogen-bond acceptors (Lipinski definition) is 2. The molecule has 1 saturated heterocycles. The van der Waals surface area contributed by atoms with Gasteiger partial charge in [-0.3, -0.25) is 0 Å². The molecule has 5 heteroatoms. The van der Waals surface area contributed by atoms with Crippen LogP contribution in [0.1, 0.15) is 24.0 Å². The molecule has 0 aromatic heterocycles. The first-order valence-corrected chi connectivity index (χ1v) is 9.24. The summed E-state index contributed by atoms with van der Waals surface area (Å²) in [5, 5.41) is 7.16. The van der Waals surface area contributed by atoms with Crippen LogP contribution in [0.15, 0.2) is 48.5 Å². The van der Waals surface area contributed by atoms with Crippen LogP contribution in [0.5, 0.6) is 5.75 Å². The molecule has 0 saturated carbocycles. The summed E-state index contributed by atoms with van der Waals surface area (Å²) in [5.41, 5.74) is 3.65. The monoisotopic (exact) mass is 356 g/mol. The van der Waals surface area contributed by atoms with Gasteiger partial charge in [-0.25, -0.2) is 0 Å². The van der Waals surface area contributed by atoms with Gasteiger partial charge in [-0.05, 0) is 29.9 Å². The van der Waals surface area contributed by atoms with Gasteiger partial charge in [0.1, 0.15) is 12.3 Å². The van der Waals surface area contributed by atoms with Crippen molar-refractivity contribution in [3.8, 4) is 5.75 Å². The Hall–Kier alpha value is -2.11. The van der Waals surface area contributed by atoms with E-state index in [1.807, 2.05) is 24.3 Å². The molecule has 0 radical (unpaired) electrons. The molecule has 1 aliphatic rings. The van der Waals surface area contributed by atoms with Gasteiger partial charge in [-0.1, -0.05) is 30.3 Å². The second-order valence-corrected chi connectivity index (χ2v) is 6.85. The van der Waals surface area contributed by atoms with Crippen LogP contribution in [0, 0.1) is 0 Å². The van der Waals surface area contributed by atoms with E-state index in [1.165, 1.54) is 37.1 Å². The first-order valence-electron chi connectivity index (χ1n) is 8.84. The molecular formula is C20H26N3OS+. The van der Waals surface area contributed by atoms with Gasteiger partial charge < -0.3 is 20.3 Å². The molecule has 0 atom stereocenters. The number of quaternary nitrogens is 1. The molecule has 1 heterocycles. The zero-order chi connectivity index (χ0) is 17.5. The van der Waals surface area contributed by atoms with Crippen molar-refractivity contribution in [3.05, 3.63) is 59.7 Å². The predicted molar refractivity (Wildman–Crippen MR) is 106 cm³/mol. The van der Waals surface area contributed by atoms with Crippen molar-refractivity contribution in [1.82, 2.24) is 5.32 Å². The number of rotatable bonds is 6. The van der Waals surface area contributed by atoms with E-state index in [1.54, 1.807) is 12.0 Å². The highest BCUT2D eigenvalue weighted by atomic mass is 32.1. The third-order valence-corrected chi connectivity index (χ3v) is 4.88. The van der Waals surface area contributed by atoms with Crippen LogP contribution in [-0.4, -0.2) is 25.3 Å². The van der Waals surface area contributed by atoms with Crippen molar-refractivity contribution in [1.29, 1.82) is 0 Å². The van der Waals surface area contributed by atoms with Crippen LogP contribution in [0.3, 0.4) is 0 Å². The molecule has 0 bridgehead atoms. The lowest BCUT2D eigenvalue weighted by molar-refractivity contribution is -0.901. The second-order valence-electron chi connectivity index (χ2n) is 6.44. The molecule has 25 heavy (non-hydrogen) atoms. The number of anilines is 1. The minimum Gasteiger partial charge on any atom is -0.497 e. The normalized spacial score (nSPS) is 14.3. The number of hydrogen-bond donors (Lipinski definition) is 3. The molecule has 3 rings (SSSR count). The van der Waals surface area contributed by atoms with Crippen molar-refractivity contribution in [2.24, 2.45) is 0 Å². The Morgan fingerprint density at radius 2 is 1.84 bits per heavy atom. The quantitative estimate of drug-likeness (QED) is 0.695. The Labute approximate surface area is 155 Å². The minimum atomic E-state index is 0.622. The van der Waals surface area contributed by atoms with Gasteiger partial charge in [-0.2, -0.15) is 0 Å². The summed E-state index contributed by atoms with van der Waals surface area (Å²) < 4.78 is 5.24. The maximum absolute atomic E-state index is 5.43. The second kappa shape index (κ2) is 8.83. The van der Waals surface area contributed by atoms with Crippen LogP contribution in [0.2, 0.25) is 0 Å². The van der Waals surface area contributed by atoms with Crippen molar-refractivity contribution >= 4 is 23.0 Å². The van der Waals surface area contributed by atoms with E-state index in [0.717, 1.165) is 24.5 Å². The van der Waals surface area contributed by atoms with Crippen LogP contribution in [-0.2, 0) is 13.1 Å². The van der Waals surface area contributed by atoms with E-state index in [2.05, 4.69) is 34.9 Å². The molecule has 0 spiro atoms. The summed E-state index contributed by atoms with van der Waals surface area (Å²) >= 11 is 5.43. The number of thiocarbonyl (C=S) groups is 1. The first-order chi connectivity index (χ1) is 12.2. The molecule has 1 aliphatic heterocycles. The lowest BCUT2D eigenvalue weighted by Gasteiger charge is -2.16. The molecule has 4 nitrogen and oxygen atoms in total. The smallest absolute Gasteiger partial charge is 0.171 e. The van der Waals surface area contributed by atoms with Crippen LogP contribution < -0.4 is 20.3 Å². The highest BCUT2D eigenvalue weighted by Gasteiger charge is 2.17. The number of likely N-dealkylation sites (tertiary alicyclic amines) is 1. The molecule has 1 fully saturated rings. The average molecular weight is 357 g/mol. The third kappa shape index (κ3) is 5.18. The van der Waals surface area contributed by atoms with Gasteiger partial charge in [0, 0.05) is 36.7 Å². The van der Waals surface area contributed by atoms with E-state index in [-0.39, 0.29) is 0 Å². The standard InChI is InChI=1S/C20H25N3OS/c1-24-19-10-6-9-18(13-19)22-20(25)21-14-16-7-2-3-8-17(16)15-23-11-4-5-12-23/h2-3,6-10,13H,4-5,11-12,14-15H2,1H3,(H2,21,22,25)/p+1. The highest BCUT2D eigenvalue weighted by molar-refractivity contribution is 7.80. The Morgan fingerprint density at radius 3 is 2.60 bits per heavy atom. The highest BCUT2D eigenvalue weighted by Crippen LogP contribution is 2.16. The summed E-state index contributed by atoms with van der Waals surface area (Å²) in [4.78, 5) is 1.68. The Kier molecular flexibility index (Phi) is 6.25. The summed E-state index contributed by atoms with van der Waals surface area (Å²) in [5.74, 6) is 0.812. The number of benzene rings is 2. The van der Waals surface area contributed by atoms with Crippen molar-refractivity contribution in [2.45, 2.75) is 25.9 Å². The Bertz CT molecular complexity index is 714.